The standard InChI is InChI=1S/C13H10.C11H17.C9H11.2ClH.Zr/c1-3-7-12(8-4-1)11-13-9-5-2-6-10-13;1-8(2)10-6-5-7-11(10)9(3)4;1-2-5-9-7-3-6-8(9)4-1;;;/h1-10H;6,8-9H,7H2,1-4H3;3,6-7H,1-2,4-5H2;2*1H;/q;;;;;+2/p-2. The summed E-state index contributed by atoms with van der Waals surface area (Å²) in [7, 11) is 0. The first kappa shape index (κ1) is 29.3. The second-order valence-electron chi connectivity index (χ2n) is 10.8. The summed E-state index contributed by atoms with van der Waals surface area (Å²) < 4.78 is 4.17. The molecule has 2 aromatic carbocycles. The van der Waals surface area contributed by atoms with Gasteiger partial charge in [-0.15, -0.1) is 0 Å². The summed E-state index contributed by atoms with van der Waals surface area (Å²) in [5.41, 5.74) is 9.70. The van der Waals surface area contributed by atoms with E-state index < -0.39 is 21.3 Å². The maximum absolute atomic E-state index is 2.69. The Kier molecular flexibility index (Phi) is 10.6. The van der Waals surface area contributed by atoms with Crippen LogP contribution in [0.3, 0.4) is 0 Å². The second kappa shape index (κ2) is 13.0. The van der Waals surface area contributed by atoms with Gasteiger partial charge < -0.3 is 24.8 Å². The van der Waals surface area contributed by atoms with Crippen molar-refractivity contribution in [1.29, 1.82) is 0 Å². The number of halogens is 2. The van der Waals surface area contributed by atoms with E-state index >= 15 is 0 Å². The number of hydrogen-bond donors (Lipinski definition) is 0. The molecule has 0 saturated carbocycles. The van der Waals surface area contributed by atoms with Gasteiger partial charge in [0.1, 0.15) is 0 Å². The van der Waals surface area contributed by atoms with Crippen LogP contribution in [-0.2, 0) is 21.3 Å². The average molecular weight is 597 g/mol. The molecule has 0 aliphatic heterocycles. The Bertz CT molecular complexity index is 1170. The van der Waals surface area contributed by atoms with Crippen molar-refractivity contribution in [3.63, 3.8) is 0 Å². The smallest absolute Gasteiger partial charge is 1.00 e. The Balaban J connectivity index is 0.00000180. The third-order valence-electron chi connectivity index (χ3n) is 7.87. The van der Waals surface area contributed by atoms with Crippen molar-refractivity contribution in [2.45, 2.75) is 63.4 Å². The topological polar surface area (TPSA) is 0 Å². The molecule has 0 saturated heterocycles. The first-order valence-corrected chi connectivity index (χ1v) is 17.1. The number of allylic oxidation sites excluding steroid dienone is 8. The van der Waals surface area contributed by atoms with Crippen molar-refractivity contribution in [3.8, 4) is 0 Å². The van der Waals surface area contributed by atoms with Crippen LogP contribution in [0.2, 0.25) is 3.63 Å². The molecule has 3 aliphatic carbocycles. The van der Waals surface area contributed by atoms with Crippen molar-refractivity contribution < 1.29 is 46.1 Å². The Morgan fingerprint density at radius 3 is 1.89 bits per heavy atom. The molecule has 0 bridgehead atoms. The molecule has 0 spiro atoms. The molecule has 1 atom stereocenters. The van der Waals surface area contributed by atoms with Crippen molar-refractivity contribution in [2.75, 3.05) is 0 Å². The third-order valence-corrected chi connectivity index (χ3v) is 16.0. The minimum Gasteiger partial charge on any atom is -1.00 e. The minimum absolute atomic E-state index is 0. The van der Waals surface area contributed by atoms with Crippen LogP contribution >= 0.6 is 0 Å². The molecule has 3 heteroatoms. The normalized spacial score (nSPS) is 18.5. The van der Waals surface area contributed by atoms with Crippen LogP contribution in [0.4, 0.5) is 0 Å². The molecule has 0 N–H and O–H groups in total. The largest absolute Gasteiger partial charge is 1.00 e. The zero-order valence-electron chi connectivity index (χ0n) is 22.0. The van der Waals surface area contributed by atoms with Crippen LogP contribution in [0.15, 0.2) is 104 Å². The van der Waals surface area contributed by atoms with E-state index in [0.29, 0.717) is 15.5 Å². The molecule has 0 nitrogen and oxygen atoms in total. The summed E-state index contributed by atoms with van der Waals surface area (Å²) in [6.07, 6.45) is 14.4. The molecule has 3 aliphatic rings. The monoisotopic (exact) mass is 594 g/mol. The molecule has 0 amide bonds. The van der Waals surface area contributed by atoms with Crippen LogP contribution in [0.5, 0.6) is 0 Å². The molecule has 36 heavy (non-hydrogen) atoms. The van der Waals surface area contributed by atoms with Gasteiger partial charge in [0.05, 0.1) is 0 Å². The Morgan fingerprint density at radius 1 is 0.778 bits per heavy atom. The second-order valence-corrected chi connectivity index (χ2v) is 17.1. The zero-order chi connectivity index (χ0) is 23.7. The van der Waals surface area contributed by atoms with Crippen LogP contribution in [0.25, 0.3) is 0 Å². The van der Waals surface area contributed by atoms with E-state index in [1.807, 2.05) is 3.28 Å². The molecule has 0 aromatic heterocycles. The van der Waals surface area contributed by atoms with Gasteiger partial charge in [-0.1, -0.05) is 0 Å². The first-order valence-electron chi connectivity index (χ1n) is 13.2. The summed E-state index contributed by atoms with van der Waals surface area (Å²) in [4.78, 5) is 0. The maximum atomic E-state index is 2.69. The minimum atomic E-state index is -2.38. The van der Waals surface area contributed by atoms with Crippen LogP contribution in [0, 0.1) is 11.8 Å². The quantitative estimate of drug-likeness (QED) is 0.481. The van der Waals surface area contributed by atoms with Gasteiger partial charge in [-0.05, 0) is 0 Å². The molecular formula is C33H38Cl2Zr. The number of benzene rings is 2. The Morgan fingerprint density at radius 2 is 1.36 bits per heavy atom. The van der Waals surface area contributed by atoms with Crippen molar-refractivity contribution >= 4 is 3.21 Å². The summed E-state index contributed by atoms with van der Waals surface area (Å²) in [5.74, 6) is 1.22. The van der Waals surface area contributed by atoms with Gasteiger partial charge in [-0.3, -0.25) is 0 Å². The summed E-state index contributed by atoms with van der Waals surface area (Å²) in [5, 5.41) is 0. The maximum Gasteiger partial charge on any atom is -1.00 e. The van der Waals surface area contributed by atoms with E-state index in [1.54, 1.807) is 25.5 Å². The van der Waals surface area contributed by atoms with Crippen molar-refractivity contribution in [1.82, 2.24) is 0 Å². The van der Waals surface area contributed by atoms with Gasteiger partial charge in [0.15, 0.2) is 0 Å². The van der Waals surface area contributed by atoms with Gasteiger partial charge in [0.25, 0.3) is 0 Å². The molecule has 188 valence electrons. The van der Waals surface area contributed by atoms with Gasteiger partial charge in [0.2, 0.25) is 0 Å². The fourth-order valence-electron chi connectivity index (χ4n) is 6.19. The van der Waals surface area contributed by atoms with Crippen LogP contribution in [-0.4, -0.2) is 3.21 Å². The van der Waals surface area contributed by atoms with Gasteiger partial charge in [0, 0.05) is 0 Å². The van der Waals surface area contributed by atoms with Gasteiger partial charge in [-0.2, -0.15) is 0 Å². The molecule has 0 radical (unpaired) electrons. The van der Waals surface area contributed by atoms with E-state index in [2.05, 4.69) is 107 Å². The van der Waals surface area contributed by atoms with Gasteiger partial charge in [-0.25, -0.2) is 0 Å². The number of rotatable bonds is 6. The fourth-order valence-corrected chi connectivity index (χ4v) is 15.1. The van der Waals surface area contributed by atoms with Crippen molar-refractivity contribution in [2.24, 2.45) is 11.8 Å². The Hall–Kier alpha value is -1.27. The predicted molar refractivity (Wildman–Crippen MR) is 144 cm³/mol. The molecule has 1 unspecified atom stereocenters. The fraction of sp³-hybridized carbons (Fsp3) is 0.364. The van der Waals surface area contributed by atoms with Crippen LogP contribution in [0.1, 0.15) is 70.9 Å². The first-order chi connectivity index (χ1) is 16.5. The van der Waals surface area contributed by atoms with E-state index in [-0.39, 0.29) is 24.8 Å². The molecule has 2 aromatic rings. The zero-order valence-corrected chi connectivity index (χ0v) is 26.0. The number of hydrogen-bond acceptors (Lipinski definition) is 0. The van der Waals surface area contributed by atoms with Crippen LogP contribution < -0.4 is 24.8 Å². The average Bonchev–Trinajstić information content (AvgIpc) is 3.49. The predicted octanol–water partition coefficient (Wildman–Crippen LogP) is 3.01. The van der Waals surface area contributed by atoms with E-state index in [1.165, 1.54) is 43.2 Å². The molecular weight excluding hydrogens is 558 g/mol. The Labute approximate surface area is 238 Å². The van der Waals surface area contributed by atoms with Gasteiger partial charge >= 0.3 is 215 Å². The third kappa shape index (κ3) is 5.90. The summed E-state index contributed by atoms with van der Waals surface area (Å²) >= 11 is -2.38. The summed E-state index contributed by atoms with van der Waals surface area (Å²) in [6.45, 7) is 9.56. The summed E-state index contributed by atoms with van der Waals surface area (Å²) in [6, 6.07) is 22.7. The molecule has 0 fully saturated rings. The SMILES string of the molecule is CC(C)C1=C(C(C)C)C[C]([Zr+2](=[C](c2ccccc2)c2ccccc2)[CH]2C=CC3=C2CCCC3)=C1.[Cl-].[Cl-]. The van der Waals surface area contributed by atoms with E-state index in [0.717, 1.165) is 0 Å². The molecule has 5 rings (SSSR count). The van der Waals surface area contributed by atoms with E-state index in [9.17, 15) is 0 Å². The van der Waals surface area contributed by atoms with Crippen molar-refractivity contribution in [3.05, 3.63) is 116 Å². The molecule has 0 heterocycles. The van der Waals surface area contributed by atoms with E-state index in [4.69, 9.17) is 0 Å².